The lowest BCUT2D eigenvalue weighted by Crippen LogP contribution is -2.41. The number of rotatable bonds is 13. The Labute approximate surface area is 180 Å². The summed E-state index contributed by atoms with van der Waals surface area (Å²) in [6.45, 7) is 7.02. The Kier molecular flexibility index (Phi) is 10.4. The fourth-order valence-electron chi connectivity index (χ4n) is 3.01. The molecule has 0 heterocycles. The van der Waals surface area contributed by atoms with E-state index in [0.717, 1.165) is 29.7 Å². The first-order valence-corrected chi connectivity index (χ1v) is 12.3. The fraction of sp³-hybridized carbons (Fsp3) is 0.667. The van der Waals surface area contributed by atoms with E-state index in [-0.39, 0.29) is 12.3 Å². The van der Waals surface area contributed by atoms with Crippen molar-refractivity contribution >= 4 is 16.0 Å². The topological polar surface area (TPSA) is 101 Å². The molecule has 3 N–H and O–H groups in total. The van der Waals surface area contributed by atoms with E-state index in [9.17, 15) is 8.42 Å². The van der Waals surface area contributed by atoms with Gasteiger partial charge in [0.1, 0.15) is 12.4 Å². The van der Waals surface area contributed by atoms with Gasteiger partial charge in [-0.15, -0.1) is 0 Å². The van der Waals surface area contributed by atoms with Crippen LogP contribution in [-0.4, -0.2) is 60.1 Å². The summed E-state index contributed by atoms with van der Waals surface area (Å²) in [6, 6.07) is 6.04. The SMILES string of the molecule is CCOCCOc1cc(C)ccc1CNC(=NC)NCCS(=O)(=O)NCC1CCC1. The van der Waals surface area contributed by atoms with Crippen molar-refractivity contribution in [2.45, 2.75) is 39.7 Å². The lowest BCUT2D eigenvalue weighted by Gasteiger charge is -2.25. The molecule has 0 spiro atoms. The number of guanidine groups is 1. The van der Waals surface area contributed by atoms with Crippen molar-refractivity contribution in [1.29, 1.82) is 0 Å². The van der Waals surface area contributed by atoms with Gasteiger partial charge in [0.05, 0.1) is 12.4 Å². The van der Waals surface area contributed by atoms with Gasteiger partial charge in [-0.05, 0) is 44.2 Å². The molecule has 0 unspecified atom stereocenters. The van der Waals surface area contributed by atoms with E-state index in [4.69, 9.17) is 9.47 Å². The second kappa shape index (κ2) is 12.8. The Morgan fingerprint density at radius 2 is 2.03 bits per heavy atom. The maximum Gasteiger partial charge on any atom is 0.213 e. The molecule has 30 heavy (non-hydrogen) atoms. The van der Waals surface area contributed by atoms with Crippen molar-refractivity contribution in [2.75, 3.05) is 45.7 Å². The lowest BCUT2D eigenvalue weighted by atomic mass is 9.86. The van der Waals surface area contributed by atoms with Gasteiger partial charge in [0.2, 0.25) is 10.0 Å². The smallest absolute Gasteiger partial charge is 0.213 e. The Hall–Kier alpha value is -1.84. The maximum atomic E-state index is 12.1. The molecule has 170 valence electrons. The number of sulfonamides is 1. The third-order valence-corrected chi connectivity index (χ3v) is 6.41. The number of ether oxygens (including phenoxy) is 2. The van der Waals surface area contributed by atoms with Gasteiger partial charge in [-0.3, -0.25) is 4.99 Å². The molecule has 1 aromatic carbocycles. The van der Waals surface area contributed by atoms with Crippen molar-refractivity contribution in [3.63, 3.8) is 0 Å². The second-order valence-electron chi connectivity index (χ2n) is 7.47. The molecule has 0 bridgehead atoms. The highest BCUT2D eigenvalue weighted by Gasteiger charge is 2.20. The zero-order valence-corrected chi connectivity index (χ0v) is 19.2. The van der Waals surface area contributed by atoms with Crippen LogP contribution in [0.5, 0.6) is 5.75 Å². The quantitative estimate of drug-likeness (QED) is 0.246. The van der Waals surface area contributed by atoms with Crippen molar-refractivity contribution in [3.05, 3.63) is 29.3 Å². The van der Waals surface area contributed by atoms with E-state index in [1.807, 2.05) is 32.0 Å². The van der Waals surface area contributed by atoms with Crippen LogP contribution in [-0.2, 0) is 21.3 Å². The number of hydrogen-bond donors (Lipinski definition) is 3. The van der Waals surface area contributed by atoms with Crippen LogP contribution in [0.4, 0.5) is 0 Å². The summed E-state index contributed by atoms with van der Waals surface area (Å²) in [5.41, 5.74) is 2.11. The van der Waals surface area contributed by atoms with E-state index >= 15 is 0 Å². The van der Waals surface area contributed by atoms with Gasteiger partial charge in [0.25, 0.3) is 0 Å². The van der Waals surface area contributed by atoms with Crippen LogP contribution in [0.2, 0.25) is 0 Å². The molecule has 1 aliphatic rings. The van der Waals surface area contributed by atoms with E-state index in [0.29, 0.717) is 44.8 Å². The minimum atomic E-state index is -3.28. The second-order valence-corrected chi connectivity index (χ2v) is 9.40. The summed E-state index contributed by atoms with van der Waals surface area (Å²) in [4.78, 5) is 4.17. The number of aryl methyl sites for hydroxylation is 1. The first-order valence-electron chi connectivity index (χ1n) is 10.7. The van der Waals surface area contributed by atoms with Crippen LogP contribution in [0.25, 0.3) is 0 Å². The summed E-state index contributed by atoms with van der Waals surface area (Å²) in [7, 11) is -1.62. The molecule has 0 saturated heterocycles. The number of nitrogens with zero attached hydrogens (tertiary/aromatic N) is 1. The first kappa shape index (κ1) is 24.4. The van der Waals surface area contributed by atoms with Gasteiger partial charge in [-0.2, -0.15) is 0 Å². The van der Waals surface area contributed by atoms with Crippen LogP contribution in [0.3, 0.4) is 0 Å². The highest BCUT2D eigenvalue weighted by Crippen LogP contribution is 2.25. The summed E-state index contributed by atoms with van der Waals surface area (Å²) in [6.07, 6.45) is 3.44. The van der Waals surface area contributed by atoms with Crippen LogP contribution in [0.15, 0.2) is 23.2 Å². The molecule has 2 rings (SSSR count). The molecule has 8 nitrogen and oxygen atoms in total. The third kappa shape index (κ3) is 8.89. The number of nitrogens with one attached hydrogen (secondary N) is 3. The third-order valence-electron chi connectivity index (χ3n) is 5.06. The predicted molar refractivity (Wildman–Crippen MR) is 120 cm³/mol. The summed E-state index contributed by atoms with van der Waals surface area (Å²) in [5, 5.41) is 6.28. The molecule has 0 radical (unpaired) electrons. The van der Waals surface area contributed by atoms with E-state index in [1.165, 1.54) is 6.42 Å². The minimum absolute atomic E-state index is 0.0107. The number of aliphatic imine (C=N–C) groups is 1. The molecular weight excluding hydrogens is 404 g/mol. The van der Waals surface area contributed by atoms with Crippen molar-refractivity contribution in [3.8, 4) is 5.75 Å². The van der Waals surface area contributed by atoms with E-state index < -0.39 is 10.0 Å². The average molecular weight is 441 g/mol. The molecule has 0 amide bonds. The van der Waals surface area contributed by atoms with Gasteiger partial charge in [0, 0.05) is 38.9 Å². The highest BCUT2D eigenvalue weighted by molar-refractivity contribution is 7.89. The summed E-state index contributed by atoms with van der Waals surface area (Å²) < 4.78 is 38.1. The van der Waals surface area contributed by atoms with Gasteiger partial charge in [0.15, 0.2) is 5.96 Å². The molecule has 9 heteroatoms. The number of hydrogen-bond acceptors (Lipinski definition) is 5. The Morgan fingerprint density at radius 3 is 2.70 bits per heavy atom. The average Bonchev–Trinajstić information content (AvgIpc) is 2.67. The molecule has 0 aliphatic heterocycles. The fourth-order valence-corrected chi connectivity index (χ4v) is 4.02. The standard InChI is InChI=1S/C21H36N4O4S/c1-4-28-11-12-29-20-14-17(2)8-9-19(20)16-24-21(22-3)23-10-13-30(26,27)25-15-18-6-5-7-18/h8-9,14,18,25H,4-7,10-13,15-16H2,1-3H3,(H2,22,23,24). The predicted octanol–water partition coefficient (Wildman–Crippen LogP) is 1.79. The van der Waals surface area contributed by atoms with Crippen LogP contribution in [0.1, 0.15) is 37.3 Å². The Bertz CT molecular complexity index is 779. The normalized spacial score (nSPS) is 15.0. The molecular formula is C21H36N4O4S. The summed E-state index contributed by atoms with van der Waals surface area (Å²) >= 11 is 0. The monoisotopic (exact) mass is 440 g/mol. The lowest BCUT2D eigenvalue weighted by molar-refractivity contribution is 0.110. The molecule has 0 aromatic heterocycles. The molecule has 1 saturated carbocycles. The summed E-state index contributed by atoms with van der Waals surface area (Å²) in [5.74, 6) is 1.86. The first-order chi connectivity index (χ1) is 14.4. The molecule has 1 aromatic rings. The van der Waals surface area contributed by atoms with Crippen molar-refractivity contribution < 1.29 is 17.9 Å². The zero-order chi connectivity index (χ0) is 21.8. The van der Waals surface area contributed by atoms with Crippen LogP contribution >= 0.6 is 0 Å². The van der Waals surface area contributed by atoms with Gasteiger partial charge in [-0.25, -0.2) is 13.1 Å². The van der Waals surface area contributed by atoms with Gasteiger partial charge in [-0.1, -0.05) is 18.6 Å². The molecule has 0 atom stereocenters. The van der Waals surface area contributed by atoms with Crippen molar-refractivity contribution in [1.82, 2.24) is 15.4 Å². The maximum absolute atomic E-state index is 12.1. The molecule has 1 fully saturated rings. The Morgan fingerprint density at radius 1 is 1.23 bits per heavy atom. The highest BCUT2D eigenvalue weighted by atomic mass is 32.2. The van der Waals surface area contributed by atoms with Gasteiger partial charge >= 0.3 is 0 Å². The van der Waals surface area contributed by atoms with Crippen LogP contribution in [0, 0.1) is 12.8 Å². The minimum Gasteiger partial charge on any atom is -0.491 e. The molecule has 1 aliphatic carbocycles. The van der Waals surface area contributed by atoms with Crippen LogP contribution < -0.4 is 20.1 Å². The van der Waals surface area contributed by atoms with E-state index in [1.54, 1.807) is 7.05 Å². The number of benzene rings is 1. The van der Waals surface area contributed by atoms with Gasteiger partial charge < -0.3 is 20.1 Å². The largest absolute Gasteiger partial charge is 0.491 e. The van der Waals surface area contributed by atoms with Crippen molar-refractivity contribution in [2.24, 2.45) is 10.9 Å². The van der Waals surface area contributed by atoms with E-state index in [2.05, 4.69) is 20.3 Å². The Balaban J connectivity index is 1.77. The zero-order valence-electron chi connectivity index (χ0n) is 18.4.